The molecule has 0 aromatic heterocycles. The topological polar surface area (TPSA) is 78.8 Å². The van der Waals surface area contributed by atoms with E-state index in [1.807, 2.05) is 38.1 Å². The highest BCUT2D eigenvalue weighted by atomic mass is 16.5. The maximum atomic E-state index is 12.2. The quantitative estimate of drug-likeness (QED) is 0.714. The van der Waals surface area contributed by atoms with Crippen molar-refractivity contribution in [2.24, 2.45) is 0 Å². The Morgan fingerprint density at radius 1 is 1.13 bits per heavy atom. The number of aliphatic hydroxyl groups excluding tert-OH is 2. The predicted octanol–water partition coefficient (Wildman–Crippen LogP) is 2.56. The summed E-state index contributed by atoms with van der Waals surface area (Å²) in [7, 11) is 0. The van der Waals surface area contributed by atoms with E-state index in [0.717, 1.165) is 16.8 Å². The van der Waals surface area contributed by atoms with Gasteiger partial charge in [-0.15, -0.1) is 0 Å². The zero-order valence-corrected chi connectivity index (χ0v) is 13.2. The zero-order valence-electron chi connectivity index (χ0n) is 13.2. The summed E-state index contributed by atoms with van der Waals surface area (Å²) in [5.74, 6) is -0.550. The molecule has 2 rings (SSSR count). The number of esters is 1. The van der Waals surface area contributed by atoms with Crippen LogP contribution in [0.3, 0.4) is 0 Å². The molecule has 0 aliphatic carbocycles. The second-order valence-electron chi connectivity index (χ2n) is 5.35. The van der Waals surface area contributed by atoms with Gasteiger partial charge in [0.1, 0.15) is 12.7 Å². The first kappa shape index (κ1) is 17.0. The molecule has 0 aliphatic rings. The molecule has 2 aromatic carbocycles. The second kappa shape index (κ2) is 7.76. The number of ether oxygens (including phenoxy) is 1. The Morgan fingerprint density at radius 2 is 1.83 bits per heavy atom. The minimum absolute atomic E-state index is 0.243. The Labute approximate surface area is 135 Å². The summed E-state index contributed by atoms with van der Waals surface area (Å²) in [5, 5.41) is 21.3. The molecule has 0 saturated carbocycles. The Kier molecular flexibility index (Phi) is 5.73. The van der Waals surface area contributed by atoms with Gasteiger partial charge in [-0.2, -0.15) is 0 Å². The van der Waals surface area contributed by atoms with E-state index < -0.39 is 18.7 Å². The molecule has 0 bridgehead atoms. The number of carbonyl (C=O) groups excluding carboxylic acids is 1. The van der Waals surface area contributed by atoms with Crippen LogP contribution in [0.25, 0.3) is 0 Å². The smallest absolute Gasteiger partial charge is 0.340 e. The third kappa shape index (κ3) is 4.31. The zero-order chi connectivity index (χ0) is 16.8. The van der Waals surface area contributed by atoms with Gasteiger partial charge < -0.3 is 20.3 Å². The molecule has 0 saturated heterocycles. The number of aliphatic hydroxyl groups is 2. The lowest BCUT2D eigenvalue weighted by Gasteiger charge is -2.15. The molecule has 23 heavy (non-hydrogen) atoms. The molecular weight excluding hydrogens is 294 g/mol. The van der Waals surface area contributed by atoms with Gasteiger partial charge in [0.05, 0.1) is 17.9 Å². The number of rotatable bonds is 6. The van der Waals surface area contributed by atoms with Crippen LogP contribution in [-0.4, -0.2) is 35.5 Å². The number of para-hydroxylation sites is 1. The van der Waals surface area contributed by atoms with E-state index in [-0.39, 0.29) is 6.61 Å². The summed E-state index contributed by atoms with van der Waals surface area (Å²) in [5.41, 5.74) is 4.18. The van der Waals surface area contributed by atoms with Crippen molar-refractivity contribution in [1.82, 2.24) is 0 Å². The number of carbonyl (C=O) groups is 1. The van der Waals surface area contributed by atoms with Crippen molar-refractivity contribution in [2.45, 2.75) is 20.0 Å². The van der Waals surface area contributed by atoms with Crippen molar-refractivity contribution in [3.8, 4) is 0 Å². The van der Waals surface area contributed by atoms with Gasteiger partial charge in [-0.25, -0.2) is 4.79 Å². The summed E-state index contributed by atoms with van der Waals surface area (Å²) < 4.78 is 5.02. The van der Waals surface area contributed by atoms with Crippen LogP contribution >= 0.6 is 0 Å². The van der Waals surface area contributed by atoms with Crippen LogP contribution in [-0.2, 0) is 4.74 Å². The molecule has 3 N–H and O–H groups in total. The highest BCUT2D eigenvalue weighted by Crippen LogP contribution is 2.25. The number of aryl methyl sites for hydroxylation is 1. The third-order valence-electron chi connectivity index (χ3n) is 3.64. The highest BCUT2D eigenvalue weighted by molar-refractivity contribution is 5.96. The maximum Gasteiger partial charge on any atom is 0.340 e. The van der Waals surface area contributed by atoms with Crippen LogP contribution in [0.15, 0.2) is 42.5 Å². The molecule has 0 aliphatic heterocycles. The summed E-state index contributed by atoms with van der Waals surface area (Å²) in [6.07, 6.45) is -1.07. The number of hydrogen-bond donors (Lipinski definition) is 3. The molecule has 1 unspecified atom stereocenters. The monoisotopic (exact) mass is 315 g/mol. The number of benzene rings is 2. The van der Waals surface area contributed by atoms with Crippen molar-refractivity contribution in [3.63, 3.8) is 0 Å². The van der Waals surface area contributed by atoms with Crippen molar-refractivity contribution >= 4 is 17.3 Å². The normalized spacial score (nSPS) is 11.8. The Balaban J connectivity index is 2.20. The van der Waals surface area contributed by atoms with Crippen LogP contribution in [0.5, 0.6) is 0 Å². The van der Waals surface area contributed by atoms with Crippen LogP contribution in [0.4, 0.5) is 11.4 Å². The van der Waals surface area contributed by atoms with Crippen LogP contribution in [0, 0.1) is 13.8 Å². The molecule has 2 aromatic rings. The third-order valence-corrected chi connectivity index (χ3v) is 3.64. The van der Waals surface area contributed by atoms with Crippen LogP contribution in [0.1, 0.15) is 21.5 Å². The lowest BCUT2D eigenvalue weighted by atomic mass is 10.1. The first-order valence-electron chi connectivity index (χ1n) is 7.41. The van der Waals surface area contributed by atoms with Crippen LogP contribution in [0.2, 0.25) is 0 Å². The average molecular weight is 315 g/mol. The molecular formula is C18H21NO4. The van der Waals surface area contributed by atoms with Crippen molar-refractivity contribution in [2.75, 3.05) is 18.5 Å². The second-order valence-corrected chi connectivity index (χ2v) is 5.35. The molecule has 1 atom stereocenters. The largest absolute Gasteiger partial charge is 0.459 e. The van der Waals surface area contributed by atoms with Gasteiger partial charge in [0, 0.05) is 5.69 Å². The molecule has 0 fully saturated rings. The first-order chi connectivity index (χ1) is 11.0. The molecule has 122 valence electrons. The SMILES string of the molecule is Cc1cccc(Nc2ccccc2C(=O)OCC(O)CO)c1C. The van der Waals surface area contributed by atoms with E-state index in [9.17, 15) is 9.90 Å². The summed E-state index contributed by atoms with van der Waals surface area (Å²) >= 11 is 0. The lowest BCUT2D eigenvalue weighted by molar-refractivity contribution is 0.00941. The fourth-order valence-electron chi connectivity index (χ4n) is 2.10. The van der Waals surface area contributed by atoms with Crippen molar-refractivity contribution in [3.05, 3.63) is 59.2 Å². The van der Waals surface area contributed by atoms with Gasteiger partial charge in [-0.3, -0.25) is 0 Å². The average Bonchev–Trinajstić information content (AvgIpc) is 2.57. The van der Waals surface area contributed by atoms with Gasteiger partial charge in [-0.05, 0) is 43.2 Å². The van der Waals surface area contributed by atoms with Gasteiger partial charge >= 0.3 is 5.97 Å². The Morgan fingerprint density at radius 3 is 2.57 bits per heavy atom. The number of hydrogen-bond acceptors (Lipinski definition) is 5. The molecule has 0 heterocycles. The minimum Gasteiger partial charge on any atom is -0.459 e. The standard InChI is InChI=1S/C18H21NO4/c1-12-6-5-9-16(13(12)2)19-17-8-4-3-7-15(17)18(22)23-11-14(21)10-20/h3-9,14,19-21H,10-11H2,1-2H3. The van der Waals surface area contributed by atoms with Gasteiger partial charge in [-0.1, -0.05) is 24.3 Å². The van der Waals surface area contributed by atoms with Gasteiger partial charge in [0.15, 0.2) is 0 Å². The lowest BCUT2D eigenvalue weighted by Crippen LogP contribution is -2.22. The Hall–Kier alpha value is -2.37. The van der Waals surface area contributed by atoms with Crippen LogP contribution < -0.4 is 5.32 Å². The maximum absolute atomic E-state index is 12.2. The summed E-state index contributed by atoms with van der Waals surface area (Å²) in [4.78, 5) is 12.2. The molecule has 0 amide bonds. The van der Waals surface area contributed by atoms with Crippen molar-refractivity contribution < 1.29 is 19.7 Å². The summed E-state index contributed by atoms with van der Waals surface area (Å²) in [6.45, 7) is 3.34. The molecule has 0 radical (unpaired) electrons. The minimum atomic E-state index is -1.07. The summed E-state index contributed by atoms with van der Waals surface area (Å²) in [6, 6.07) is 12.9. The van der Waals surface area contributed by atoms with Gasteiger partial charge in [0.25, 0.3) is 0 Å². The number of anilines is 2. The van der Waals surface area contributed by atoms with E-state index in [0.29, 0.717) is 11.3 Å². The fourth-order valence-corrected chi connectivity index (χ4v) is 2.10. The van der Waals surface area contributed by atoms with E-state index in [2.05, 4.69) is 5.32 Å². The number of nitrogens with one attached hydrogen (secondary N) is 1. The first-order valence-corrected chi connectivity index (χ1v) is 7.41. The van der Waals surface area contributed by atoms with E-state index in [1.165, 1.54) is 0 Å². The molecule has 0 spiro atoms. The van der Waals surface area contributed by atoms with Gasteiger partial charge in [0.2, 0.25) is 0 Å². The van der Waals surface area contributed by atoms with E-state index in [4.69, 9.17) is 9.84 Å². The Bertz CT molecular complexity index is 684. The van der Waals surface area contributed by atoms with E-state index >= 15 is 0 Å². The molecule has 5 nitrogen and oxygen atoms in total. The van der Waals surface area contributed by atoms with E-state index in [1.54, 1.807) is 18.2 Å². The predicted molar refractivity (Wildman–Crippen MR) is 89.0 cm³/mol. The highest BCUT2D eigenvalue weighted by Gasteiger charge is 2.15. The molecule has 5 heteroatoms. The fraction of sp³-hybridized carbons (Fsp3) is 0.278. The van der Waals surface area contributed by atoms with Crippen molar-refractivity contribution in [1.29, 1.82) is 0 Å².